The molecule has 1 aliphatic heterocycles. The zero-order valence-corrected chi connectivity index (χ0v) is 11.6. The van der Waals surface area contributed by atoms with E-state index in [9.17, 15) is 9.90 Å². The number of nitrogens with one attached hydrogen (secondary N) is 1. The smallest absolute Gasteiger partial charge is 0.277 e. The number of aromatic amines is 1. The summed E-state index contributed by atoms with van der Waals surface area (Å²) in [5, 5.41) is 13.1. The Bertz CT molecular complexity index is 675. The van der Waals surface area contributed by atoms with Gasteiger partial charge in [-0.2, -0.15) is 0 Å². The van der Waals surface area contributed by atoms with Crippen LogP contribution in [0.3, 0.4) is 0 Å². The third-order valence-corrected chi connectivity index (χ3v) is 3.68. The van der Waals surface area contributed by atoms with E-state index in [1.165, 1.54) is 4.52 Å². The van der Waals surface area contributed by atoms with Crippen molar-refractivity contribution in [3.63, 3.8) is 0 Å². The van der Waals surface area contributed by atoms with Gasteiger partial charge in [0.05, 0.1) is 11.3 Å². The summed E-state index contributed by atoms with van der Waals surface area (Å²) in [6.07, 6.45) is -0.800. The maximum atomic E-state index is 12.3. The number of hydrogen-bond acceptors (Lipinski definition) is 4. The van der Waals surface area contributed by atoms with E-state index >= 15 is 0 Å². The first-order valence-corrected chi connectivity index (χ1v) is 6.52. The van der Waals surface area contributed by atoms with Crippen LogP contribution in [0.1, 0.15) is 31.3 Å². The molecule has 2 aromatic rings. The number of aromatic nitrogens is 3. The monoisotopic (exact) mass is 312 g/mol. The number of aliphatic hydroxyl groups is 1. The summed E-state index contributed by atoms with van der Waals surface area (Å²) in [6, 6.07) is 1.87. The van der Waals surface area contributed by atoms with Crippen LogP contribution in [0.2, 0.25) is 0 Å². The normalized spacial score (nSPS) is 19.9. The quantitative estimate of drug-likeness (QED) is 0.824. The van der Waals surface area contributed by atoms with Crippen LogP contribution in [0.15, 0.2) is 15.5 Å². The van der Waals surface area contributed by atoms with E-state index in [0.717, 1.165) is 0 Å². The van der Waals surface area contributed by atoms with Gasteiger partial charge in [-0.3, -0.25) is 14.8 Å². The molecule has 3 rings (SSSR count). The average molecular weight is 313 g/mol. The van der Waals surface area contributed by atoms with Gasteiger partial charge >= 0.3 is 0 Å². The van der Waals surface area contributed by atoms with E-state index in [1.54, 1.807) is 6.07 Å². The van der Waals surface area contributed by atoms with E-state index in [0.29, 0.717) is 28.1 Å². The van der Waals surface area contributed by atoms with Crippen molar-refractivity contribution in [2.75, 3.05) is 0 Å². The van der Waals surface area contributed by atoms with Crippen LogP contribution in [0.5, 0.6) is 0 Å². The first-order valence-electron chi connectivity index (χ1n) is 5.73. The fourth-order valence-corrected chi connectivity index (χ4v) is 2.68. The van der Waals surface area contributed by atoms with Crippen molar-refractivity contribution in [1.82, 2.24) is 19.5 Å². The predicted molar refractivity (Wildman–Crippen MR) is 69.2 cm³/mol. The number of aliphatic hydroxyl groups excluding tert-OH is 1. The van der Waals surface area contributed by atoms with E-state index in [1.807, 2.05) is 18.7 Å². The molecule has 0 aromatic carbocycles. The Hall–Kier alpha value is -1.18. The molecule has 0 bridgehead atoms. The molecule has 2 N–H and O–H groups in total. The van der Waals surface area contributed by atoms with Crippen LogP contribution in [-0.2, 0) is 6.54 Å². The first kappa shape index (κ1) is 11.9. The Balaban J connectivity index is 2.24. The Morgan fingerprint density at radius 3 is 3.00 bits per heavy atom. The second-order valence-electron chi connectivity index (χ2n) is 4.72. The fraction of sp³-hybridized carbons (Fsp3) is 0.455. The van der Waals surface area contributed by atoms with Gasteiger partial charge in [0.25, 0.3) is 5.56 Å². The Kier molecular flexibility index (Phi) is 2.58. The third kappa shape index (κ3) is 1.54. The lowest BCUT2D eigenvalue weighted by atomic mass is 10.2. The molecule has 6 nitrogen and oxygen atoms in total. The van der Waals surface area contributed by atoms with Gasteiger partial charge in [-0.15, -0.1) is 0 Å². The highest BCUT2D eigenvalue weighted by Crippen LogP contribution is 2.30. The van der Waals surface area contributed by atoms with Gasteiger partial charge in [0.1, 0.15) is 4.60 Å². The molecule has 0 amide bonds. The minimum absolute atomic E-state index is 0.150. The molecule has 3 heterocycles. The standard InChI is InChI=1S/C11H13BrN4O2/c1-5(2)15-4-6-9(11(15)18)13-8-3-7(12)14-16(8)10(6)17/h3,5,11,14,18H,4H2,1-2H3. The van der Waals surface area contributed by atoms with Crippen LogP contribution < -0.4 is 5.56 Å². The highest BCUT2D eigenvalue weighted by Gasteiger charge is 2.34. The summed E-state index contributed by atoms with van der Waals surface area (Å²) in [4.78, 5) is 18.5. The second kappa shape index (κ2) is 3.91. The number of nitrogens with zero attached hydrogens (tertiary/aromatic N) is 3. The lowest BCUT2D eigenvalue weighted by molar-refractivity contribution is -0.00947. The number of fused-ring (bicyclic) bond motifs is 2. The van der Waals surface area contributed by atoms with Crippen LogP contribution in [-0.4, -0.2) is 30.6 Å². The van der Waals surface area contributed by atoms with Crippen molar-refractivity contribution < 1.29 is 5.11 Å². The van der Waals surface area contributed by atoms with Crippen LogP contribution in [0.25, 0.3) is 5.65 Å². The molecular weight excluding hydrogens is 300 g/mol. The maximum absolute atomic E-state index is 12.3. The molecule has 0 fully saturated rings. The molecule has 2 aromatic heterocycles. The minimum Gasteiger partial charge on any atom is -0.372 e. The maximum Gasteiger partial charge on any atom is 0.277 e. The van der Waals surface area contributed by atoms with Gasteiger partial charge in [0, 0.05) is 18.7 Å². The van der Waals surface area contributed by atoms with Crippen molar-refractivity contribution in [2.45, 2.75) is 32.7 Å². The van der Waals surface area contributed by atoms with Gasteiger partial charge in [0.2, 0.25) is 0 Å². The lowest BCUT2D eigenvalue weighted by Crippen LogP contribution is -2.29. The summed E-state index contributed by atoms with van der Waals surface area (Å²) in [5.41, 5.74) is 1.39. The zero-order valence-electron chi connectivity index (χ0n) is 10.0. The molecule has 1 atom stereocenters. The molecule has 1 unspecified atom stereocenters. The molecular formula is C11H13BrN4O2. The summed E-state index contributed by atoms with van der Waals surface area (Å²) in [5.74, 6) is 0. The molecule has 0 aliphatic carbocycles. The van der Waals surface area contributed by atoms with Gasteiger partial charge < -0.3 is 5.11 Å². The van der Waals surface area contributed by atoms with Crippen molar-refractivity contribution >= 4 is 21.6 Å². The van der Waals surface area contributed by atoms with Crippen molar-refractivity contribution in [3.05, 3.63) is 32.3 Å². The summed E-state index contributed by atoms with van der Waals surface area (Å²) < 4.78 is 2.07. The van der Waals surface area contributed by atoms with Crippen LogP contribution in [0.4, 0.5) is 0 Å². The minimum atomic E-state index is -0.800. The van der Waals surface area contributed by atoms with E-state index in [-0.39, 0.29) is 11.6 Å². The molecule has 18 heavy (non-hydrogen) atoms. The molecule has 0 radical (unpaired) electrons. The fourth-order valence-electron chi connectivity index (χ4n) is 2.30. The van der Waals surface area contributed by atoms with Gasteiger partial charge in [0.15, 0.2) is 11.9 Å². The Morgan fingerprint density at radius 2 is 2.33 bits per heavy atom. The highest BCUT2D eigenvalue weighted by atomic mass is 79.9. The first-order chi connectivity index (χ1) is 8.49. The van der Waals surface area contributed by atoms with Crippen LogP contribution >= 0.6 is 15.9 Å². The largest absolute Gasteiger partial charge is 0.372 e. The van der Waals surface area contributed by atoms with E-state index in [4.69, 9.17) is 0 Å². The summed E-state index contributed by atoms with van der Waals surface area (Å²) in [7, 11) is 0. The van der Waals surface area contributed by atoms with Gasteiger partial charge in [-0.05, 0) is 29.8 Å². The second-order valence-corrected chi connectivity index (χ2v) is 5.57. The topological polar surface area (TPSA) is 73.6 Å². The molecule has 96 valence electrons. The summed E-state index contributed by atoms with van der Waals surface area (Å²) in [6.45, 7) is 4.39. The molecule has 7 heteroatoms. The Labute approximate surface area is 111 Å². The van der Waals surface area contributed by atoms with Crippen LogP contribution in [0, 0.1) is 0 Å². The number of rotatable bonds is 1. The SMILES string of the molecule is CC(C)N1Cc2c(nc3cc(Br)[nH]n3c2=O)C1O. The van der Waals surface area contributed by atoms with E-state index in [2.05, 4.69) is 26.0 Å². The third-order valence-electron chi connectivity index (χ3n) is 3.27. The highest BCUT2D eigenvalue weighted by molar-refractivity contribution is 9.10. The molecule has 0 saturated carbocycles. The summed E-state index contributed by atoms with van der Waals surface area (Å²) >= 11 is 3.27. The average Bonchev–Trinajstić information content (AvgIpc) is 2.81. The number of hydrogen-bond donors (Lipinski definition) is 2. The lowest BCUT2D eigenvalue weighted by Gasteiger charge is -2.23. The van der Waals surface area contributed by atoms with Gasteiger partial charge in [-0.1, -0.05) is 0 Å². The Morgan fingerprint density at radius 1 is 1.61 bits per heavy atom. The van der Waals surface area contributed by atoms with Crippen molar-refractivity contribution in [3.8, 4) is 0 Å². The van der Waals surface area contributed by atoms with Crippen molar-refractivity contribution in [1.29, 1.82) is 0 Å². The molecule has 0 saturated heterocycles. The van der Waals surface area contributed by atoms with Gasteiger partial charge in [-0.25, -0.2) is 9.50 Å². The predicted octanol–water partition coefficient (Wildman–Crippen LogP) is 1.000. The molecule has 0 spiro atoms. The van der Waals surface area contributed by atoms with Crippen molar-refractivity contribution in [2.24, 2.45) is 0 Å². The zero-order chi connectivity index (χ0) is 13.0. The molecule has 1 aliphatic rings. The number of H-pyrrole nitrogens is 1. The van der Waals surface area contributed by atoms with E-state index < -0.39 is 6.23 Å². The number of halogens is 1.